The molecule has 1 atom stereocenters. The molecule has 5 heteroatoms. The van der Waals surface area contributed by atoms with E-state index in [0.29, 0.717) is 6.42 Å². The van der Waals surface area contributed by atoms with Gasteiger partial charge in [0.25, 0.3) is 0 Å². The molecule has 0 aliphatic rings. The number of nitrogens with zero attached hydrogens (tertiary/aromatic N) is 2. The molecule has 2 rings (SSSR count). The van der Waals surface area contributed by atoms with Crippen LogP contribution in [0.4, 0.5) is 11.8 Å². The van der Waals surface area contributed by atoms with Crippen LogP contribution in [0.1, 0.15) is 38.2 Å². The van der Waals surface area contributed by atoms with Gasteiger partial charge in [0.2, 0.25) is 5.95 Å². The maximum absolute atomic E-state index is 9.24. The number of hydrogen-bond donors (Lipinski definition) is 3. The van der Waals surface area contributed by atoms with E-state index in [-0.39, 0.29) is 18.6 Å². The number of unbranched alkanes of at least 4 members (excludes halogenated alkanes) is 1. The number of nitrogens with two attached hydrogens (primary N) is 1. The Labute approximate surface area is 125 Å². The fourth-order valence-electron chi connectivity index (χ4n) is 2.57. The molecular weight excluding hydrogens is 264 g/mol. The molecule has 0 aliphatic carbocycles. The molecule has 5 nitrogen and oxygen atoms in total. The van der Waals surface area contributed by atoms with Gasteiger partial charge in [-0.1, -0.05) is 31.9 Å². The molecule has 0 spiro atoms. The Morgan fingerprint density at radius 1 is 1.29 bits per heavy atom. The number of benzene rings is 1. The Morgan fingerprint density at radius 2 is 2.10 bits per heavy atom. The van der Waals surface area contributed by atoms with E-state index < -0.39 is 0 Å². The summed E-state index contributed by atoms with van der Waals surface area (Å²) in [6.07, 6.45) is 3.97. The number of fused-ring (bicyclic) bond motifs is 1. The minimum Gasteiger partial charge on any atom is -0.396 e. The van der Waals surface area contributed by atoms with E-state index in [1.54, 1.807) is 0 Å². The fraction of sp³-hybridized carbons (Fsp3) is 0.500. The largest absolute Gasteiger partial charge is 0.396 e. The predicted molar refractivity (Wildman–Crippen MR) is 87.3 cm³/mol. The number of aliphatic hydroxyl groups is 1. The van der Waals surface area contributed by atoms with Crippen LogP contribution in [0.3, 0.4) is 0 Å². The highest BCUT2D eigenvalue weighted by Crippen LogP contribution is 2.26. The van der Waals surface area contributed by atoms with Crippen molar-refractivity contribution in [3.63, 3.8) is 0 Å². The molecule has 0 aliphatic heterocycles. The molecule has 21 heavy (non-hydrogen) atoms. The third-order valence-electron chi connectivity index (χ3n) is 3.67. The molecule has 1 heterocycles. The summed E-state index contributed by atoms with van der Waals surface area (Å²) in [6, 6.07) is 6.15. The van der Waals surface area contributed by atoms with Gasteiger partial charge in [0.15, 0.2) is 0 Å². The zero-order valence-corrected chi connectivity index (χ0v) is 12.8. The molecule has 4 N–H and O–H groups in total. The van der Waals surface area contributed by atoms with E-state index in [9.17, 15) is 5.11 Å². The molecule has 1 aromatic carbocycles. The predicted octanol–water partition coefficient (Wildman–Crippen LogP) is 2.87. The van der Waals surface area contributed by atoms with Gasteiger partial charge in [-0.15, -0.1) is 0 Å². The number of aryl methyl sites for hydroxylation is 1. The van der Waals surface area contributed by atoms with E-state index in [1.165, 1.54) is 0 Å². The van der Waals surface area contributed by atoms with Gasteiger partial charge in [-0.2, -0.15) is 4.98 Å². The maximum Gasteiger partial charge on any atom is 0.222 e. The Hall–Kier alpha value is -1.88. The lowest BCUT2D eigenvalue weighted by Gasteiger charge is -2.20. The minimum absolute atomic E-state index is 0.166. The van der Waals surface area contributed by atoms with Crippen LogP contribution in [0.25, 0.3) is 10.9 Å². The second kappa shape index (κ2) is 7.22. The van der Waals surface area contributed by atoms with Gasteiger partial charge < -0.3 is 16.2 Å². The van der Waals surface area contributed by atoms with Crippen molar-refractivity contribution in [1.82, 2.24) is 9.97 Å². The molecule has 114 valence electrons. The number of nitrogen functional groups attached to an aromatic ring is 1. The van der Waals surface area contributed by atoms with Crippen LogP contribution >= 0.6 is 0 Å². The molecular formula is C16H24N4O. The zero-order valence-electron chi connectivity index (χ0n) is 12.8. The van der Waals surface area contributed by atoms with Gasteiger partial charge in [-0.3, -0.25) is 0 Å². The monoisotopic (exact) mass is 288 g/mol. The highest BCUT2D eigenvalue weighted by atomic mass is 16.3. The standard InChI is InChI=1S/C16H24N4O/c1-3-4-7-12(9-10-21)18-15-14-11(2)6-5-8-13(14)19-16(17)20-15/h5-6,8,12,21H,3-4,7,9-10H2,1-2H3,(H3,17,18,19,20). The number of nitrogens with one attached hydrogen (secondary N) is 1. The number of anilines is 2. The van der Waals surface area contributed by atoms with Crippen LogP contribution in [-0.2, 0) is 0 Å². The molecule has 0 saturated heterocycles. The Kier molecular flexibility index (Phi) is 5.33. The van der Waals surface area contributed by atoms with Crippen LogP contribution in [-0.4, -0.2) is 27.7 Å². The second-order valence-electron chi connectivity index (χ2n) is 5.40. The lowest BCUT2D eigenvalue weighted by molar-refractivity contribution is 0.276. The number of aromatic nitrogens is 2. The second-order valence-corrected chi connectivity index (χ2v) is 5.40. The van der Waals surface area contributed by atoms with Crippen molar-refractivity contribution in [3.05, 3.63) is 23.8 Å². The number of rotatable bonds is 7. The van der Waals surface area contributed by atoms with E-state index in [0.717, 1.165) is 41.5 Å². The topological polar surface area (TPSA) is 84.1 Å². The van der Waals surface area contributed by atoms with Crippen molar-refractivity contribution in [2.45, 2.75) is 45.6 Å². The first-order valence-electron chi connectivity index (χ1n) is 7.56. The van der Waals surface area contributed by atoms with Gasteiger partial charge in [0.05, 0.1) is 5.52 Å². The number of aliphatic hydroxyl groups excluding tert-OH is 1. The third-order valence-corrected chi connectivity index (χ3v) is 3.67. The third kappa shape index (κ3) is 3.82. The lowest BCUT2D eigenvalue weighted by Crippen LogP contribution is -2.22. The van der Waals surface area contributed by atoms with Gasteiger partial charge in [-0.05, 0) is 31.4 Å². The smallest absolute Gasteiger partial charge is 0.222 e. The Balaban J connectivity index is 2.35. The van der Waals surface area contributed by atoms with Crippen LogP contribution < -0.4 is 11.1 Å². The van der Waals surface area contributed by atoms with Crippen molar-refractivity contribution in [1.29, 1.82) is 0 Å². The molecule has 2 aromatic rings. The summed E-state index contributed by atoms with van der Waals surface area (Å²) < 4.78 is 0. The average Bonchev–Trinajstić information content (AvgIpc) is 2.44. The summed E-state index contributed by atoms with van der Waals surface area (Å²) in [5.74, 6) is 1.04. The Bertz CT molecular complexity index is 600. The highest BCUT2D eigenvalue weighted by molar-refractivity contribution is 5.92. The van der Waals surface area contributed by atoms with Crippen LogP contribution in [0.5, 0.6) is 0 Å². The minimum atomic E-state index is 0.166. The van der Waals surface area contributed by atoms with Crippen molar-refractivity contribution in [3.8, 4) is 0 Å². The van der Waals surface area contributed by atoms with E-state index in [4.69, 9.17) is 5.73 Å². The molecule has 0 saturated carbocycles. The van der Waals surface area contributed by atoms with Crippen LogP contribution in [0, 0.1) is 6.92 Å². The summed E-state index contributed by atoms with van der Waals surface area (Å²) in [6.45, 7) is 4.37. The normalized spacial score (nSPS) is 12.5. The first-order chi connectivity index (χ1) is 10.2. The summed E-state index contributed by atoms with van der Waals surface area (Å²) in [4.78, 5) is 8.66. The quantitative estimate of drug-likeness (QED) is 0.729. The number of hydrogen-bond acceptors (Lipinski definition) is 5. The van der Waals surface area contributed by atoms with Gasteiger partial charge in [0, 0.05) is 18.0 Å². The molecule has 0 amide bonds. The summed E-state index contributed by atoms with van der Waals surface area (Å²) in [5.41, 5.74) is 7.78. The van der Waals surface area contributed by atoms with Gasteiger partial charge in [-0.25, -0.2) is 4.98 Å². The summed E-state index contributed by atoms with van der Waals surface area (Å²) in [7, 11) is 0. The summed E-state index contributed by atoms with van der Waals surface area (Å²) in [5, 5.41) is 13.7. The first-order valence-corrected chi connectivity index (χ1v) is 7.56. The van der Waals surface area contributed by atoms with Crippen molar-refractivity contribution in [2.75, 3.05) is 17.7 Å². The highest BCUT2D eigenvalue weighted by Gasteiger charge is 2.13. The van der Waals surface area contributed by atoms with Crippen molar-refractivity contribution in [2.24, 2.45) is 0 Å². The van der Waals surface area contributed by atoms with Gasteiger partial charge >= 0.3 is 0 Å². The fourth-order valence-corrected chi connectivity index (χ4v) is 2.57. The van der Waals surface area contributed by atoms with Crippen LogP contribution in [0.2, 0.25) is 0 Å². The van der Waals surface area contributed by atoms with Crippen LogP contribution in [0.15, 0.2) is 18.2 Å². The molecule has 1 aromatic heterocycles. The first kappa shape index (κ1) is 15.5. The van der Waals surface area contributed by atoms with Crippen molar-refractivity contribution < 1.29 is 5.11 Å². The molecule has 0 bridgehead atoms. The molecule has 0 radical (unpaired) electrons. The summed E-state index contributed by atoms with van der Waals surface area (Å²) >= 11 is 0. The van der Waals surface area contributed by atoms with E-state index >= 15 is 0 Å². The molecule has 1 unspecified atom stereocenters. The maximum atomic E-state index is 9.24. The van der Waals surface area contributed by atoms with E-state index in [1.807, 2.05) is 25.1 Å². The van der Waals surface area contributed by atoms with E-state index in [2.05, 4.69) is 22.2 Å². The Morgan fingerprint density at radius 3 is 2.81 bits per heavy atom. The van der Waals surface area contributed by atoms with Crippen molar-refractivity contribution >= 4 is 22.7 Å². The van der Waals surface area contributed by atoms with Gasteiger partial charge in [0.1, 0.15) is 5.82 Å². The SMILES string of the molecule is CCCCC(CCO)Nc1nc(N)nc2cccc(C)c12. The average molecular weight is 288 g/mol. The molecule has 0 fully saturated rings. The zero-order chi connectivity index (χ0) is 15.2. The lowest BCUT2D eigenvalue weighted by atomic mass is 10.1.